The molecule has 2 rings (SSSR count). The Morgan fingerprint density at radius 1 is 1.07 bits per heavy atom. The molecule has 0 unspecified atom stereocenters. The van der Waals surface area contributed by atoms with Crippen LogP contribution in [0.15, 0.2) is 35.9 Å². The summed E-state index contributed by atoms with van der Waals surface area (Å²) in [5.74, 6) is -1.63. The van der Waals surface area contributed by atoms with Crippen LogP contribution < -0.4 is 16.0 Å². The Hall–Kier alpha value is -3.16. The van der Waals surface area contributed by atoms with E-state index in [1.165, 1.54) is 37.5 Å². The third-order valence-electron chi connectivity index (χ3n) is 4.14. The minimum atomic E-state index is -0.711. The van der Waals surface area contributed by atoms with Gasteiger partial charge >= 0.3 is 12.0 Å². The van der Waals surface area contributed by atoms with Crippen molar-refractivity contribution in [2.75, 3.05) is 18.5 Å². The monoisotopic (exact) mass is 387 g/mol. The summed E-state index contributed by atoms with van der Waals surface area (Å²) in [7, 11) is 0. The lowest BCUT2D eigenvalue weighted by molar-refractivity contribution is -0.123. The molecule has 0 saturated heterocycles. The molecule has 1 aromatic carbocycles. The van der Waals surface area contributed by atoms with Gasteiger partial charge in [-0.05, 0) is 56.4 Å². The Bertz CT molecular complexity index is 756. The second-order valence-electron chi connectivity index (χ2n) is 6.50. The summed E-state index contributed by atoms with van der Waals surface area (Å²) in [6.45, 7) is 1.26. The summed E-state index contributed by atoms with van der Waals surface area (Å²) in [4.78, 5) is 46.3. The van der Waals surface area contributed by atoms with Crippen molar-refractivity contribution in [3.05, 3.63) is 41.5 Å². The van der Waals surface area contributed by atoms with Crippen molar-refractivity contribution in [3.63, 3.8) is 0 Å². The number of esters is 1. The van der Waals surface area contributed by atoms with E-state index in [2.05, 4.69) is 22.0 Å². The van der Waals surface area contributed by atoms with E-state index in [1.807, 2.05) is 0 Å². The number of urea groups is 1. The first kappa shape index (κ1) is 21.1. The standard InChI is InChI=1S/C20H25N3O5/c1-14(24)22-17-9-7-16(8-10-17)19(26)28-13-18(25)23-20(27)21-12-11-15-5-3-2-4-6-15/h5,7-10H,2-4,6,11-13H2,1H3,(H,22,24)(H2,21,23,25,27). The molecule has 150 valence electrons. The zero-order valence-corrected chi connectivity index (χ0v) is 15.9. The van der Waals surface area contributed by atoms with Gasteiger partial charge in [0.05, 0.1) is 5.56 Å². The SMILES string of the molecule is CC(=O)Nc1ccc(C(=O)OCC(=O)NC(=O)NCCC2=CCCCC2)cc1. The fourth-order valence-corrected chi connectivity index (χ4v) is 2.78. The first-order chi connectivity index (χ1) is 13.4. The van der Waals surface area contributed by atoms with Crippen LogP contribution in [0.25, 0.3) is 0 Å². The van der Waals surface area contributed by atoms with E-state index in [-0.39, 0.29) is 11.5 Å². The van der Waals surface area contributed by atoms with Crippen LogP contribution in [0.2, 0.25) is 0 Å². The zero-order chi connectivity index (χ0) is 20.4. The van der Waals surface area contributed by atoms with E-state index in [0.717, 1.165) is 19.3 Å². The van der Waals surface area contributed by atoms with Crippen LogP contribution in [0, 0.1) is 0 Å². The highest BCUT2D eigenvalue weighted by Gasteiger charge is 2.13. The zero-order valence-electron chi connectivity index (χ0n) is 15.9. The topological polar surface area (TPSA) is 114 Å². The number of anilines is 1. The Balaban J connectivity index is 1.66. The second-order valence-corrected chi connectivity index (χ2v) is 6.50. The average Bonchev–Trinajstić information content (AvgIpc) is 2.67. The Labute approximate surface area is 163 Å². The number of allylic oxidation sites excluding steroid dienone is 1. The number of carbonyl (C=O) groups is 4. The van der Waals surface area contributed by atoms with Crippen molar-refractivity contribution in [1.82, 2.24) is 10.6 Å². The molecule has 0 atom stereocenters. The number of benzene rings is 1. The van der Waals surface area contributed by atoms with Crippen molar-refractivity contribution in [1.29, 1.82) is 0 Å². The molecule has 1 aromatic rings. The number of hydrogen-bond donors (Lipinski definition) is 3. The fourth-order valence-electron chi connectivity index (χ4n) is 2.78. The smallest absolute Gasteiger partial charge is 0.338 e. The van der Waals surface area contributed by atoms with Crippen molar-refractivity contribution in [2.45, 2.75) is 39.0 Å². The molecule has 0 fully saturated rings. The molecule has 0 saturated carbocycles. The van der Waals surface area contributed by atoms with Crippen molar-refractivity contribution < 1.29 is 23.9 Å². The highest BCUT2D eigenvalue weighted by Crippen LogP contribution is 2.19. The predicted molar refractivity (Wildman–Crippen MR) is 104 cm³/mol. The van der Waals surface area contributed by atoms with Gasteiger partial charge < -0.3 is 15.4 Å². The minimum Gasteiger partial charge on any atom is -0.452 e. The van der Waals surface area contributed by atoms with Gasteiger partial charge in [0.15, 0.2) is 6.61 Å². The number of rotatable bonds is 7. The molecular weight excluding hydrogens is 362 g/mol. The van der Waals surface area contributed by atoms with Gasteiger partial charge in [0.25, 0.3) is 5.91 Å². The van der Waals surface area contributed by atoms with E-state index < -0.39 is 24.5 Å². The lowest BCUT2D eigenvalue weighted by Gasteiger charge is -2.13. The van der Waals surface area contributed by atoms with E-state index in [0.29, 0.717) is 12.2 Å². The second kappa shape index (κ2) is 10.9. The summed E-state index contributed by atoms with van der Waals surface area (Å²) in [5, 5.41) is 7.31. The van der Waals surface area contributed by atoms with E-state index in [9.17, 15) is 19.2 Å². The molecular formula is C20H25N3O5. The Morgan fingerprint density at radius 2 is 1.82 bits per heavy atom. The maximum atomic E-state index is 11.9. The number of hydrogen-bond acceptors (Lipinski definition) is 5. The van der Waals surface area contributed by atoms with Crippen LogP contribution in [0.1, 0.15) is 49.4 Å². The minimum absolute atomic E-state index is 0.222. The molecule has 0 radical (unpaired) electrons. The number of ether oxygens (including phenoxy) is 1. The van der Waals surface area contributed by atoms with Gasteiger partial charge in [-0.1, -0.05) is 11.6 Å². The number of nitrogens with one attached hydrogen (secondary N) is 3. The first-order valence-corrected chi connectivity index (χ1v) is 9.24. The molecule has 8 heteroatoms. The third kappa shape index (κ3) is 7.61. The molecule has 28 heavy (non-hydrogen) atoms. The number of imide groups is 1. The number of amides is 4. The van der Waals surface area contributed by atoms with Gasteiger partial charge in [-0.25, -0.2) is 9.59 Å². The van der Waals surface area contributed by atoms with Gasteiger partial charge in [0, 0.05) is 19.2 Å². The van der Waals surface area contributed by atoms with Crippen LogP contribution in [0.4, 0.5) is 10.5 Å². The van der Waals surface area contributed by atoms with Gasteiger partial charge in [-0.15, -0.1) is 0 Å². The normalized spacial score (nSPS) is 13.1. The summed E-state index contributed by atoms with van der Waals surface area (Å²) < 4.78 is 4.88. The first-order valence-electron chi connectivity index (χ1n) is 9.24. The van der Waals surface area contributed by atoms with E-state index in [4.69, 9.17) is 4.74 Å². The molecule has 0 aromatic heterocycles. The third-order valence-corrected chi connectivity index (χ3v) is 4.14. The Morgan fingerprint density at radius 3 is 2.46 bits per heavy atom. The summed E-state index contributed by atoms with van der Waals surface area (Å²) in [5.41, 5.74) is 2.10. The molecule has 0 heterocycles. The predicted octanol–water partition coefficient (Wildman–Crippen LogP) is 2.52. The van der Waals surface area contributed by atoms with Crippen LogP contribution >= 0.6 is 0 Å². The molecule has 1 aliphatic rings. The van der Waals surface area contributed by atoms with E-state index in [1.54, 1.807) is 12.1 Å². The van der Waals surface area contributed by atoms with Crippen LogP contribution in [0.3, 0.4) is 0 Å². The van der Waals surface area contributed by atoms with Gasteiger partial charge in [0.1, 0.15) is 0 Å². The van der Waals surface area contributed by atoms with E-state index >= 15 is 0 Å². The maximum Gasteiger partial charge on any atom is 0.338 e. The highest BCUT2D eigenvalue weighted by atomic mass is 16.5. The average molecular weight is 387 g/mol. The fraction of sp³-hybridized carbons (Fsp3) is 0.400. The molecule has 0 bridgehead atoms. The van der Waals surface area contributed by atoms with Crippen molar-refractivity contribution >= 4 is 29.5 Å². The summed E-state index contributed by atoms with van der Waals surface area (Å²) in [6.07, 6.45) is 7.51. The van der Waals surface area contributed by atoms with Gasteiger partial charge in [-0.3, -0.25) is 14.9 Å². The largest absolute Gasteiger partial charge is 0.452 e. The lowest BCUT2D eigenvalue weighted by atomic mass is 9.97. The molecule has 8 nitrogen and oxygen atoms in total. The van der Waals surface area contributed by atoms with Gasteiger partial charge in [0.2, 0.25) is 5.91 Å². The molecule has 0 aliphatic heterocycles. The number of carbonyl (C=O) groups excluding carboxylic acids is 4. The van der Waals surface area contributed by atoms with Crippen LogP contribution in [0.5, 0.6) is 0 Å². The van der Waals surface area contributed by atoms with Crippen molar-refractivity contribution in [3.8, 4) is 0 Å². The van der Waals surface area contributed by atoms with Crippen molar-refractivity contribution in [2.24, 2.45) is 0 Å². The Kier molecular flexibility index (Phi) is 8.20. The summed E-state index contributed by atoms with van der Waals surface area (Å²) >= 11 is 0. The highest BCUT2D eigenvalue weighted by molar-refractivity contribution is 5.97. The lowest BCUT2D eigenvalue weighted by Crippen LogP contribution is -2.41. The quantitative estimate of drug-likeness (QED) is 0.491. The van der Waals surface area contributed by atoms with Gasteiger partial charge in [-0.2, -0.15) is 0 Å². The van der Waals surface area contributed by atoms with Crippen LogP contribution in [-0.4, -0.2) is 37.0 Å². The molecule has 3 N–H and O–H groups in total. The summed E-state index contributed by atoms with van der Waals surface area (Å²) in [6, 6.07) is 5.42. The molecule has 0 spiro atoms. The molecule has 1 aliphatic carbocycles. The maximum absolute atomic E-state index is 11.9. The van der Waals surface area contributed by atoms with Crippen LogP contribution in [-0.2, 0) is 14.3 Å². The molecule has 4 amide bonds.